The normalized spacial score (nSPS) is 10.9. The van der Waals surface area contributed by atoms with Crippen LogP contribution in [0.5, 0.6) is 0 Å². The number of carbonyl (C=O) groups excluding carboxylic acids is 1. The number of aliphatic hydroxyl groups excluding tert-OH is 2. The van der Waals surface area contributed by atoms with Crippen LogP contribution in [-0.2, 0) is 4.79 Å². The third kappa shape index (κ3) is 5.03. The summed E-state index contributed by atoms with van der Waals surface area (Å²) >= 11 is 6.00. The second kappa shape index (κ2) is 7.94. The summed E-state index contributed by atoms with van der Waals surface area (Å²) in [6.07, 6.45) is 3.07. The van der Waals surface area contributed by atoms with E-state index in [-0.39, 0.29) is 32.2 Å². The minimum absolute atomic E-state index is 0.129. The van der Waals surface area contributed by atoms with Gasteiger partial charge in [0.1, 0.15) is 0 Å². The molecule has 0 saturated heterocycles. The van der Waals surface area contributed by atoms with Crippen LogP contribution in [-0.4, -0.2) is 47.3 Å². The fourth-order valence-electron chi connectivity index (χ4n) is 1.56. The highest BCUT2D eigenvalue weighted by molar-refractivity contribution is 6.31. The molecule has 1 aromatic rings. The third-order valence-corrected chi connectivity index (χ3v) is 3.07. The van der Waals surface area contributed by atoms with Gasteiger partial charge in [0.25, 0.3) is 0 Å². The lowest BCUT2D eigenvalue weighted by atomic mass is 10.1. The maximum absolute atomic E-state index is 11.8. The SMILES string of the molecule is Cc1ccc(/C=C/C(=O)N(CCO)CCO)cc1Cl. The molecule has 1 aromatic carbocycles. The number of nitrogens with zero attached hydrogens (tertiary/aromatic N) is 1. The average molecular weight is 284 g/mol. The minimum atomic E-state index is -0.250. The van der Waals surface area contributed by atoms with E-state index in [1.165, 1.54) is 11.0 Å². The van der Waals surface area contributed by atoms with Crippen molar-refractivity contribution in [3.63, 3.8) is 0 Å². The molecule has 19 heavy (non-hydrogen) atoms. The van der Waals surface area contributed by atoms with E-state index in [4.69, 9.17) is 21.8 Å². The highest BCUT2D eigenvalue weighted by atomic mass is 35.5. The largest absolute Gasteiger partial charge is 0.395 e. The zero-order chi connectivity index (χ0) is 14.3. The van der Waals surface area contributed by atoms with Gasteiger partial charge >= 0.3 is 0 Å². The molecule has 1 rings (SSSR count). The zero-order valence-electron chi connectivity index (χ0n) is 10.8. The molecule has 0 aliphatic carbocycles. The topological polar surface area (TPSA) is 60.8 Å². The number of aryl methyl sites for hydroxylation is 1. The Labute approximate surface area is 117 Å². The summed E-state index contributed by atoms with van der Waals surface area (Å²) in [5.41, 5.74) is 1.81. The number of hydrogen-bond acceptors (Lipinski definition) is 3. The number of aliphatic hydroxyl groups is 2. The van der Waals surface area contributed by atoms with Crippen LogP contribution in [0.15, 0.2) is 24.3 Å². The van der Waals surface area contributed by atoms with E-state index in [0.717, 1.165) is 11.1 Å². The summed E-state index contributed by atoms with van der Waals surface area (Å²) in [5, 5.41) is 18.3. The van der Waals surface area contributed by atoms with Crippen molar-refractivity contribution in [2.45, 2.75) is 6.92 Å². The number of hydrogen-bond donors (Lipinski definition) is 2. The molecular weight excluding hydrogens is 266 g/mol. The van der Waals surface area contributed by atoms with Crippen LogP contribution in [0.2, 0.25) is 5.02 Å². The molecule has 0 radical (unpaired) electrons. The van der Waals surface area contributed by atoms with Crippen LogP contribution in [0, 0.1) is 6.92 Å². The van der Waals surface area contributed by atoms with Crippen LogP contribution in [0.3, 0.4) is 0 Å². The molecule has 0 fully saturated rings. The molecule has 0 aliphatic heterocycles. The first kappa shape index (κ1) is 15.7. The van der Waals surface area contributed by atoms with Gasteiger partial charge in [0.05, 0.1) is 13.2 Å². The van der Waals surface area contributed by atoms with Gasteiger partial charge in [0.15, 0.2) is 0 Å². The first-order valence-electron chi connectivity index (χ1n) is 6.03. The van der Waals surface area contributed by atoms with Crippen LogP contribution >= 0.6 is 11.6 Å². The van der Waals surface area contributed by atoms with Crippen molar-refractivity contribution < 1.29 is 15.0 Å². The monoisotopic (exact) mass is 283 g/mol. The van der Waals surface area contributed by atoms with Crippen molar-refractivity contribution in [1.82, 2.24) is 4.90 Å². The van der Waals surface area contributed by atoms with Crippen LogP contribution in [0.25, 0.3) is 6.08 Å². The van der Waals surface area contributed by atoms with Crippen molar-refractivity contribution in [2.24, 2.45) is 0 Å². The Balaban J connectivity index is 2.73. The average Bonchev–Trinajstić information content (AvgIpc) is 2.39. The van der Waals surface area contributed by atoms with Crippen molar-refractivity contribution in [3.8, 4) is 0 Å². The van der Waals surface area contributed by atoms with E-state index in [2.05, 4.69) is 0 Å². The second-order valence-electron chi connectivity index (χ2n) is 4.11. The lowest BCUT2D eigenvalue weighted by Crippen LogP contribution is -2.34. The van der Waals surface area contributed by atoms with Crippen molar-refractivity contribution in [1.29, 1.82) is 0 Å². The Morgan fingerprint density at radius 3 is 2.47 bits per heavy atom. The van der Waals surface area contributed by atoms with E-state index in [9.17, 15) is 4.79 Å². The molecule has 0 aliphatic rings. The second-order valence-corrected chi connectivity index (χ2v) is 4.52. The van der Waals surface area contributed by atoms with Gasteiger partial charge < -0.3 is 15.1 Å². The Morgan fingerprint density at radius 1 is 1.32 bits per heavy atom. The first-order chi connectivity index (χ1) is 9.08. The van der Waals surface area contributed by atoms with Gasteiger partial charge in [0.2, 0.25) is 5.91 Å². The van der Waals surface area contributed by atoms with Gasteiger partial charge in [0, 0.05) is 24.2 Å². The number of benzene rings is 1. The molecule has 0 unspecified atom stereocenters. The predicted molar refractivity (Wildman–Crippen MR) is 76.0 cm³/mol. The maximum atomic E-state index is 11.8. The third-order valence-electron chi connectivity index (χ3n) is 2.67. The van der Waals surface area contributed by atoms with Gasteiger partial charge in [-0.25, -0.2) is 0 Å². The summed E-state index contributed by atoms with van der Waals surface area (Å²) in [6.45, 7) is 2.06. The summed E-state index contributed by atoms with van der Waals surface area (Å²) in [7, 11) is 0. The lowest BCUT2D eigenvalue weighted by Gasteiger charge is -2.18. The Hall–Kier alpha value is -1.36. The molecule has 0 spiro atoms. The number of halogens is 1. The molecule has 0 atom stereocenters. The summed E-state index contributed by atoms with van der Waals surface area (Å²) < 4.78 is 0. The molecule has 104 valence electrons. The molecule has 4 nitrogen and oxygen atoms in total. The Kier molecular flexibility index (Phi) is 6.56. The van der Waals surface area contributed by atoms with Crippen molar-refractivity contribution in [3.05, 3.63) is 40.4 Å². The fourth-order valence-corrected chi connectivity index (χ4v) is 1.75. The quantitative estimate of drug-likeness (QED) is 0.778. The van der Waals surface area contributed by atoms with E-state index in [0.29, 0.717) is 5.02 Å². The van der Waals surface area contributed by atoms with Crippen LogP contribution < -0.4 is 0 Å². The smallest absolute Gasteiger partial charge is 0.246 e. The highest BCUT2D eigenvalue weighted by Gasteiger charge is 2.08. The van der Waals surface area contributed by atoms with Crippen molar-refractivity contribution in [2.75, 3.05) is 26.3 Å². The first-order valence-corrected chi connectivity index (χ1v) is 6.41. The van der Waals surface area contributed by atoms with Gasteiger partial charge in [-0.15, -0.1) is 0 Å². The molecule has 5 heteroatoms. The minimum Gasteiger partial charge on any atom is -0.395 e. The van der Waals surface area contributed by atoms with E-state index >= 15 is 0 Å². The summed E-state index contributed by atoms with van der Waals surface area (Å²) in [4.78, 5) is 13.2. The predicted octanol–water partition coefficient (Wildman–Crippen LogP) is 1.47. The molecule has 0 saturated carbocycles. The zero-order valence-corrected chi connectivity index (χ0v) is 11.6. The van der Waals surface area contributed by atoms with E-state index < -0.39 is 0 Å². The molecular formula is C14H18ClNO3. The number of carbonyl (C=O) groups is 1. The Morgan fingerprint density at radius 2 is 1.95 bits per heavy atom. The van der Waals surface area contributed by atoms with Gasteiger partial charge in [-0.2, -0.15) is 0 Å². The van der Waals surface area contributed by atoms with Gasteiger partial charge in [-0.3, -0.25) is 4.79 Å². The molecule has 0 heterocycles. The molecule has 0 aromatic heterocycles. The van der Waals surface area contributed by atoms with Crippen LogP contribution in [0.4, 0.5) is 0 Å². The molecule has 0 bridgehead atoms. The van der Waals surface area contributed by atoms with E-state index in [1.54, 1.807) is 12.1 Å². The highest BCUT2D eigenvalue weighted by Crippen LogP contribution is 2.17. The van der Waals surface area contributed by atoms with Crippen LogP contribution in [0.1, 0.15) is 11.1 Å². The summed E-state index contributed by atoms with van der Waals surface area (Å²) in [6, 6.07) is 5.53. The maximum Gasteiger partial charge on any atom is 0.246 e. The number of amides is 1. The lowest BCUT2D eigenvalue weighted by molar-refractivity contribution is -0.126. The fraction of sp³-hybridized carbons (Fsp3) is 0.357. The standard InChI is InChI=1S/C14H18ClNO3/c1-11-2-3-12(10-13(11)15)4-5-14(19)16(6-8-17)7-9-18/h2-5,10,17-18H,6-9H2,1H3/b5-4+. The Bertz CT molecular complexity index is 454. The number of rotatable bonds is 6. The summed E-state index contributed by atoms with van der Waals surface area (Å²) in [5.74, 6) is -0.250. The molecule has 2 N–H and O–H groups in total. The van der Waals surface area contributed by atoms with Crippen molar-refractivity contribution >= 4 is 23.6 Å². The van der Waals surface area contributed by atoms with Gasteiger partial charge in [-0.05, 0) is 30.2 Å². The molecule has 1 amide bonds. The van der Waals surface area contributed by atoms with E-state index in [1.807, 2.05) is 19.1 Å². The van der Waals surface area contributed by atoms with Gasteiger partial charge in [-0.1, -0.05) is 23.7 Å².